The highest BCUT2D eigenvalue weighted by atomic mass is 31.1. The van der Waals surface area contributed by atoms with Crippen molar-refractivity contribution in [3.63, 3.8) is 0 Å². The summed E-state index contributed by atoms with van der Waals surface area (Å²) in [4.78, 5) is 12.9. The molecule has 0 saturated heterocycles. The van der Waals surface area contributed by atoms with Crippen LogP contribution in [-0.4, -0.2) is 11.4 Å². The van der Waals surface area contributed by atoms with Crippen LogP contribution in [-0.2, 0) is 4.57 Å². The van der Waals surface area contributed by atoms with Crippen LogP contribution in [0.1, 0.15) is 40.9 Å². The van der Waals surface area contributed by atoms with Gasteiger partial charge in [0.05, 0.1) is 5.56 Å². The summed E-state index contributed by atoms with van der Waals surface area (Å²) in [5, 5.41) is 0.662. The second-order valence-electron chi connectivity index (χ2n) is 5.53. The molecule has 1 atom stereocenters. The number of hydrogen-bond donors (Lipinski definition) is 0. The smallest absolute Gasteiger partial charge is 0.288 e. The maximum Gasteiger partial charge on any atom is 0.380 e. The number of aryl methyl sites for hydroxylation is 2. The Balaban J connectivity index is 2.58. The molecule has 0 radical (unpaired) electrons. The Morgan fingerprint density at radius 2 is 1.52 bits per heavy atom. The molecule has 0 heterocycles. The molecule has 21 heavy (non-hydrogen) atoms. The van der Waals surface area contributed by atoms with Gasteiger partial charge in [0, 0.05) is 5.56 Å². The Morgan fingerprint density at radius 1 is 0.952 bits per heavy atom. The lowest BCUT2D eigenvalue weighted by atomic mass is 9.95. The van der Waals surface area contributed by atoms with Crippen molar-refractivity contribution in [2.75, 3.05) is 0 Å². The minimum absolute atomic E-state index is 0.0203. The Hall–Kier alpha value is -1.79. The summed E-state index contributed by atoms with van der Waals surface area (Å²) in [5.74, 6) is -0.0369. The predicted octanol–water partition coefficient (Wildman–Crippen LogP) is 4.40. The summed E-state index contributed by atoms with van der Waals surface area (Å²) in [6.45, 7) is 7.70. The first-order valence-corrected chi connectivity index (χ1v) is 8.42. The molecule has 0 aliphatic rings. The number of ketones is 1. The summed E-state index contributed by atoms with van der Waals surface area (Å²) in [6, 6.07) is 13.1. The van der Waals surface area contributed by atoms with E-state index in [1.807, 2.05) is 58.0 Å². The molecule has 0 N–H and O–H groups in total. The summed E-state index contributed by atoms with van der Waals surface area (Å²) >= 11 is 0. The molecule has 3 heteroatoms. The van der Waals surface area contributed by atoms with Gasteiger partial charge in [-0.2, -0.15) is 0 Å². The van der Waals surface area contributed by atoms with Gasteiger partial charge in [-0.1, -0.05) is 34.9 Å². The van der Waals surface area contributed by atoms with Crippen LogP contribution in [0, 0.1) is 13.8 Å². The van der Waals surface area contributed by atoms with Crippen molar-refractivity contribution in [1.29, 1.82) is 0 Å². The van der Waals surface area contributed by atoms with Crippen LogP contribution >= 0.6 is 7.80 Å². The van der Waals surface area contributed by atoms with Crippen LogP contribution in [0.25, 0.3) is 0 Å². The molecule has 0 saturated carbocycles. The van der Waals surface area contributed by atoms with Crippen molar-refractivity contribution in [2.45, 2.75) is 33.4 Å². The monoisotopic (exact) mass is 299 g/mol. The fourth-order valence-electron chi connectivity index (χ4n) is 2.44. The first-order chi connectivity index (χ1) is 9.93. The third-order valence-corrected chi connectivity index (χ3v) is 5.37. The molecule has 0 aromatic heterocycles. The van der Waals surface area contributed by atoms with Crippen LogP contribution in [0.15, 0.2) is 42.5 Å². The van der Waals surface area contributed by atoms with Crippen molar-refractivity contribution in [2.24, 2.45) is 0 Å². The first kappa shape index (κ1) is 15.6. The number of benzene rings is 2. The number of rotatable bonds is 4. The third kappa shape index (κ3) is 3.11. The second kappa shape index (κ2) is 6.32. The fourth-order valence-corrected chi connectivity index (χ4v) is 3.65. The van der Waals surface area contributed by atoms with E-state index in [1.54, 1.807) is 12.1 Å². The lowest BCUT2D eigenvalue weighted by Gasteiger charge is -2.09. The van der Waals surface area contributed by atoms with E-state index in [2.05, 4.69) is 0 Å². The average Bonchev–Trinajstić information content (AvgIpc) is 2.46. The molecule has 2 rings (SSSR count). The molecule has 1 unspecified atom stereocenters. The van der Waals surface area contributed by atoms with E-state index in [9.17, 15) is 9.36 Å². The largest absolute Gasteiger partial charge is 0.380 e. The second-order valence-corrected chi connectivity index (χ2v) is 7.70. The van der Waals surface area contributed by atoms with Gasteiger partial charge in [-0.05, 0) is 51.0 Å². The van der Waals surface area contributed by atoms with Gasteiger partial charge in [0.25, 0.3) is 0 Å². The third-order valence-electron chi connectivity index (χ3n) is 3.56. The summed E-state index contributed by atoms with van der Waals surface area (Å²) in [7, 11) is -1.57. The van der Waals surface area contributed by atoms with E-state index < -0.39 is 7.80 Å². The molecular formula is C18H20O2P+. The lowest BCUT2D eigenvalue weighted by molar-refractivity contribution is 0.103. The fraction of sp³-hybridized carbons (Fsp3) is 0.278. The van der Waals surface area contributed by atoms with E-state index in [-0.39, 0.29) is 11.4 Å². The molecule has 2 aromatic rings. The van der Waals surface area contributed by atoms with Crippen LogP contribution in [0.3, 0.4) is 0 Å². The van der Waals surface area contributed by atoms with E-state index in [1.165, 1.54) is 0 Å². The number of carbonyl (C=O) groups is 1. The zero-order valence-corrected chi connectivity index (χ0v) is 13.8. The normalized spacial score (nSPS) is 11.6. The first-order valence-electron chi connectivity index (χ1n) is 7.09. The van der Waals surface area contributed by atoms with Crippen molar-refractivity contribution < 1.29 is 9.36 Å². The van der Waals surface area contributed by atoms with E-state index in [4.69, 9.17) is 0 Å². The van der Waals surface area contributed by atoms with Gasteiger partial charge in [0.2, 0.25) is 5.30 Å². The molecule has 0 aliphatic heterocycles. The lowest BCUT2D eigenvalue weighted by Crippen LogP contribution is -2.17. The molecule has 0 amide bonds. The standard InChI is InChI=1S/C18H20O2P/c1-12(2)21(20)16-11-6-5-10-15(16)18(19)17-13(3)8-7-9-14(17)4/h5-12H,1-4H3/q+1. The van der Waals surface area contributed by atoms with Gasteiger partial charge in [0.1, 0.15) is 0 Å². The Kier molecular flexibility index (Phi) is 4.69. The van der Waals surface area contributed by atoms with Gasteiger partial charge < -0.3 is 0 Å². The number of hydrogen-bond acceptors (Lipinski definition) is 2. The van der Waals surface area contributed by atoms with E-state index in [0.29, 0.717) is 10.9 Å². The maximum absolute atomic E-state index is 12.9. The molecule has 2 nitrogen and oxygen atoms in total. The zero-order valence-electron chi connectivity index (χ0n) is 12.9. The van der Waals surface area contributed by atoms with Crippen LogP contribution in [0.4, 0.5) is 0 Å². The van der Waals surface area contributed by atoms with Crippen molar-refractivity contribution in [3.05, 3.63) is 64.7 Å². The highest BCUT2D eigenvalue weighted by Gasteiger charge is 2.30. The van der Waals surface area contributed by atoms with Gasteiger partial charge >= 0.3 is 7.80 Å². The van der Waals surface area contributed by atoms with Crippen molar-refractivity contribution >= 4 is 18.9 Å². The molecule has 0 fully saturated rings. The van der Waals surface area contributed by atoms with Gasteiger partial charge in [-0.25, -0.2) is 0 Å². The van der Waals surface area contributed by atoms with Crippen LogP contribution in [0.5, 0.6) is 0 Å². The quantitative estimate of drug-likeness (QED) is 0.619. The Labute approximate surface area is 127 Å². The van der Waals surface area contributed by atoms with Crippen LogP contribution in [0.2, 0.25) is 0 Å². The summed E-state index contributed by atoms with van der Waals surface area (Å²) in [6.07, 6.45) is 0. The van der Waals surface area contributed by atoms with Gasteiger partial charge in [-0.3, -0.25) is 4.79 Å². The molecule has 0 aliphatic carbocycles. The van der Waals surface area contributed by atoms with E-state index in [0.717, 1.165) is 16.7 Å². The Morgan fingerprint density at radius 3 is 2.10 bits per heavy atom. The minimum Gasteiger partial charge on any atom is -0.288 e. The Bertz CT molecular complexity index is 682. The maximum atomic E-state index is 12.9. The molecule has 108 valence electrons. The SMILES string of the molecule is Cc1cccc(C)c1C(=O)c1ccccc1[P+](=O)C(C)C. The zero-order chi connectivity index (χ0) is 15.6. The van der Waals surface area contributed by atoms with Crippen LogP contribution < -0.4 is 5.30 Å². The number of carbonyl (C=O) groups excluding carboxylic acids is 1. The highest BCUT2D eigenvalue weighted by molar-refractivity contribution is 7.54. The summed E-state index contributed by atoms with van der Waals surface area (Å²) in [5.41, 5.74) is 3.21. The average molecular weight is 299 g/mol. The van der Waals surface area contributed by atoms with Crippen molar-refractivity contribution in [3.8, 4) is 0 Å². The van der Waals surface area contributed by atoms with Gasteiger partial charge in [0.15, 0.2) is 11.4 Å². The molecular weight excluding hydrogens is 279 g/mol. The molecule has 0 bridgehead atoms. The molecule has 2 aromatic carbocycles. The molecule has 0 spiro atoms. The summed E-state index contributed by atoms with van der Waals surface area (Å²) < 4.78 is 12.5. The predicted molar refractivity (Wildman–Crippen MR) is 88.2 cm³/mol. The van der Waals surface area contributed by atoms with E-state index >= 15 is 0 Å². The highest BCUT2D eigenvalue weighted by Crippen LogP contribution is 2.29. The topological polar surface area (TPSA) is 34.1 Å². The van der Waals surface area contributed by atoms with Crippen molar-refractivity contribution in [1.82, 2.24) is 0 Å². The minimum atomic E-state index is -1.57. The van der Waals surface area contributed by atoms with Gasteiger partial charge in [-0.15, -0.1) is 0 Å².